The minimum absolute atomic E-state index is 0.630. The molecule has 1 aliphatic carbocycles. The minimum Gasteiger partial charge on any atom is -0.298 e. The molecule has 0 amide bonds. The monoisotopic (exact) mass is 346 g/mol. The maximum Gasteiger partial charge on any atom is 0.0708 e. The quantitative estimate of drug-likeness (QED) is 0.750. The van der Waals surface area contributed by atoms with Crippen LogP contribution in [-0.2, 0) is 6.54 Å². The van der Waals surface area contributed by atoms with Crippen LogP contribution >= 0.6 is 15.9 Å². The molecule has 0 aliphatic heterocycles. The highest BCUT2D eigenvalue weighted by atomic mass is 79.9. The molecule has 2 atom stereocenters. The van der Waals surface area contributed by atoms with Gasteiger partial charge in [0.1, 0.15) is 0 Å². The van der Waals surface area contributed by atoms with E-state index in [4.69, 9.17) is 0 Å². The van der Waals surface area contributed by atoms with Gasteiger partial charge in [-0.1, -0.05) is 47.0 Å². The van der Waals surface area contributed by atoms with E-state index >= 15 is 0 Å². The van der Waals surface area contributed by atoms with Gasteiger partial charge in [-0.25, -0.2) is 0 Å². The molecule has 3 rings (SSSR count). The fourth-order valence-corrected chi connectivity index (χ4v) is 4.47. The van der Waals surface area contributed by atoms with E-state index in [1.807, 2.05) is 0 Å². The van der Waals surface area contributed by atoms with Crippen molar-refractivity contribution in [1.82, 2.24) is 9.88 Å². The van der Waals surface area contributed by atoms with Gasteiger partial charge in [0.2, 0.25) is 0 Å². The lowest BCUT2D eigenvalue weighted by molar-refractivity contribution is 0.193. The number of rotatable bonds is 3. The second kappa shape index (κ2) is 6.45. The third-order valence-corrected chi connectivity index (χ3v) is 5.63. The standard InChI is InChI=1S/C18H23BrN2/c1-13-11-14(15-7-3-5-9-17(15)20-13)12-21(2)18-10-6-4-8-16(18)19/h3,5,7,9,11,16,18H,4,6,8,10,12H2,1-2H3. The molecule has 21 heavy (non-hydrogen) atoms. The zero-order valence-corrected chi connectivity index (χ0v) is 14.4. The molecule has 0 N–H and O–H groups in total. The number of benzene rings is 1. The summed E-state index contributed by atoms with van der Waals surface area (Å²) < 4.78 is 0. The molecule has 1 saturated carbocycles. The predicted molar refractivity (Wildman–Crippen MR) is 92.9 cm³/mol. The predicted octanol–water partition coefficient (Wildman–Crippen LogP) is 4.68. The number of hydrogen-bond donors (Lipinski definition) is 0. The van der Waals surface area contributed by atoms with Crippen LogP contribution < -0.4 is 0 Å². The van der Waals surface area contributed by atoms with Crippen LogP contribution in [-0.4, -0.2) is 27.8 Å². The number of hydrogen-bond acceptors (Lipinski definition) is 2. The summed E-state index contributed by atoms with van der Waals surface area (Å²) >= 11 is 3.88. The Bertz CT molecular complexity index is 626. The van der Waals surface area contributed by atoms with Gasteiger partial charge in [0.25, 0.3) is 0 Å². The van der Waals surface area contributed by atoms with Gasteiger partial charge in [-0.05, 0) is 44.5 Å². The number of halogens is 1. The summed E-state index contributed by atoms with van der Waals surface area (Å²) in [5.74, 6) is 0. The molecule has 1 aromatic carbocycles. The Morgan fingerprint density at radius 1 is 1.24 bits per heavy atom. The van der Waals surface area contributed by atoms with E-state index in [-0.39, 0.29) is 0 Å². The van der Waals surface area contributed by atoms with Crippen LogP contribution in [0.15, 0.2) is 30.3 Å². The summed E-state index contributed by atoms with van der Waals surface area (Å²) in [4.78, 5) is 7.79. The molecule has 2 aromatic rings. The summed E-state index contributed by atoms with van der Waals surface area (Å²) in [7, 11) is 2.26. The Balaban J connectivity index is 1.87. The van der Waals surface area contributed by atoms with E-state index in [0.29, 0.717) is 10.9 Å². The molecule has 1 heterocycles. The number of para-hydroxylation sites is 1. The van der Waals surface area contributed by atoms with Crippen molar-refractivity contribution < 1.29 is 0 Å². The Morgan fingerprint density at radius 3 is 2.81 bits per heavy atom. The van der Waals surface area contributed by atoms with Crippen molar-refractivity contribution in [2.75, 3.05) is 7.05 Å². The van der Waals surface area contributed by atoms with Crippen LogP contribution in [0.5, 0.6) is 0 Å². The molecule has 0 spiro atoms. The SMILES string of the molecule is Cc1cc(CN(C)C2CCCCC2Br)c2ccccc2n1. The molecule has 0 saturated heterocycles. The van der Waals surface area contributed by atoms with E-state index in [1.165, 1.54) is 36.6 Å². The van der Waals surface area contributed by atoms with Gasteiger partial charge < -0.3 is 0 Å². The average Bonchev–Trinajstić information content (AvgIpc) is 2.47. The number of pyridine rings is 1. The zero-order valence-electron chi connectivity index (χ0n) is 12.8. The fraction of sp³-hybridized carbons (Fsp3) is 0.500. The summed E-state index contributed by atoms with van der Waals surface area (Å²) in [6.07, 6.45) is 5.31. The first-order valence-electron chi connectivity index (χ1n) is 7.85. The summed E-state index contributed by atoms with van der Waals surface area (Å²) in [5, 5.41) is 1.29. The normalized spacial score (nSPS) is 22.9. The second-order valence-corrected chi connectivity index (χ2v) is 7.40. The van der Waals surface area contributed by atoms with E-state index in [2.05, 4.69) is 70.1 Å². The number of nitrogens with zero attached hydrogens (tertiary/aromatic N) is 2. The molecule has 2 nitrogen and oxygen atoms in total. The number of aromatic nitrogens is 1. The van der Waals surface area contributed by atoms with Crippen LogP contribution in [0.1, 0.15) is 36.9 Å². The highest BCUT2D eigenvalue weighted by Crippen LogP contribution is 2.29. The van der Waals surface area contributed by atoms with Gasteiger partial charge >= 0.3 is 0 Å². The topological polar surface area (TPSA) is 16.1 Å². The van der Waals surface area contributed by atoms with E-state index in [0.717, 1.165) is 17.8 Å². The largest absolute Gasteiger partial charge is 0.298 e. The lowest BCUT2D eigenvalue weighted by atomic mass is 9.94. The van der Waals surface area contributed by atoms with Crippen LogP contribution in [0.2, 0.25) is 0 Å². The first-order chi connectivity index (χ1) is 10.1. The van der Waals surface area contributed by atoms with Crippen molar-refractivity contribution in [2.45, 2.75) is 50.0 Å². The van der Waals surface area contributed by atoms with Gasteiger partial charge in [0.05, 0.1) is 5.52 Å². The van der Waals surface area contributed by atoms with Crippen molar-refractivity contribution in [3.63, 3.8) is 0 Å². The number of alkyl halides is 1. The minimum atomic E-state index is 0.630. The molecule has 112 valence electrons. The second-order valence-electron chi connectivity index (χ2n) is 6.22. The fourth-order valence-electron chi connectivity index (χ4n) is 3.47. The molecule has 1 fully saturated rings. The first-order valence-corrected chi connectivity index (χ1v) is 8.76. The molecule has 3 heteroatoms. The summed E-state index contributed by atoms with van der Waals surface area (Å²) in [6, 6.07) is 11.4. The summed E-state index contributed by atoms with van der Waals surface area (Å²) in [6.45, 7) is 3.08. The highest BCUT2D eigenvalue weighted by molar-refractivity contribution is 9.09. The average molecular weight is 347 g/mol. The third-order valence-electron chi connectivity index (χ3n) is 4.56. The van der Waals surface area contributed by atoms with Crippen molar-refractivity contribution in [1.29, 1.82) is 0 Å². The smallest absolute Gasteiger partial charge is 0.0708 e. The maximum absolute atomic E-state index is 4.64. The molecule has 2 unspecified atom stereocenters. The van der Waals surface area contributed by atoms with E-state index < -0.39 is 0 Å². The van der Waals surface area contributed by atoms with Crippen LogP contribution in [0.3, 0.4) is 0 Å². The molecule has 0 bridgehead atoms. The van der Waals surface area contributed by atoms with Crippen LogP contribution in [0.25, 0.3) is 10.9 Å². The van der Waals surface area contributed by atoms with Crippen LogP contribution in [0, 0.1) is 6.92 Å². The number of aryl methyl sites for hydroxylation is 1. The highest BCUT2D eigenvalue weighted by Gasteiger charge is 2.26. The van der Waals surface area contributed by atoms with Gasteiger partial charge in [-0.15, -0.1) is 0 Å². The third kappa shape index (κ3) is 3.29. The van der Waals surface area contributed by atoms with Crippen molar-refractivity contribution in [3.8, 4) is 0 Å². The molecular weight excluding hydrogens is 324 g/mol. The maximum atomic E-state index is 4.64. The number of fused-ring (bicyclic) bond motifs is 1. The lowest BCUT2D eigenvalue weighted by Gasteiger charge is -2.35. The van der Waals surface area contributed by atoms with Gasteiger partial charge in [0.15, 0.2) is 0 Å². The zero-order chi connectivity index (χ0) is 14.8. The Labute approximate surface area is 135 Å². The van der Waals surface area contributed by atoms with Gasteiger partial charge in [-0.2, -0.15) is 0 Å². The van der Waals surface area contributed by atoms with Crippen molar-refractivity contribution in [2.24, 2.45) is 0 Å². The van der Waals surface area contributed by atoms with Gasteiger partial charge in [0, 0.05) is 28.5 Å². The van der Waals surface area contributed by atoms with Crippen molar-refractivity contribution in [3.05, 3.63) is 41.6 Å². The van der Waals surface area contributed by atoms with E-state index in [1.54, 1.807) is 0 Å². The molecule has 1 aliphatic rings. The Morgan fingerprint density at radius 2 is 2.00 bits per heavy atom. The Kier molecular flexibility index (Phi) is 4.60. The Hall–Kier alpha value is -0.930. The van der Waals surface area contributed by atoms with Gasteiger partial charge in [-0.3, -0.25) is 9.88 Å². The molecular formula is C18H23BrN2. The first kappa shape index (κ1) is 15.0. The van der Waals surface area contributed by atoms with E-state index in [9.17, 15) is 0 Å². The molecule has 0 radical (unpaired) electrons. The van der Waals surface area contributed by atoms with Crippen LogP contribution in [0.4, 0.5) is 0 Å². The lowest BCUT2D eigenvalue weighted by Crippen LogP contribution is -2.40. The summed E-state index contributed by atoms with van der Waals surface area (Å²) in [5.41, 5.74) is 3.61. The molecule has 1 aromatic heterocycles. The van der Waals surface area contributed by atoms with Crippen molar-refractivity contribution >= 4 is 26.8 Å².